The largest absolute Gasteiger partial charge is 0.369 e. The molecule has 3 aliphatic rings. The van der Waals surface area contributed by atoms with Gasteiger partial charge in [0.2, 0.25) is 0 Å². The van der Waals surface area contributed by atoms with Gasteiger partial charge in [0.15, 0.2) is 0 Å². The van der Waals surface area contributed by atoms with Gasteiger partial charge < -0.3 is 4.74 Å². The standard InChI is InChI=1S/C13H21O/c1-9-7-8-11-13(14-11)12(9)10-5-3-2-4-6-10/h10-13H,2-8H2,1H3. The van der Waals surface area contributed by atoms with Crippen molar-refractivity contribution in [2.75, 3.05) is 0 Å². The van der Waals surface area contributed by atoms with Crippen molar-refractivity contribution in [2.24, 2.45) is 11.8 Å². The lowest BCUT2D eigenvalue weighted by Gasteiger charge is -2.35. The van der Waals surface area contributed by atoms with Crippen LogP contribution in [0.15, 0.2) is 0 Å². The molecule has 79 valence electrons. The molecule has 3 unspecified atom stereocenters. The van der Waals surface area contributed by atoms with E-state index in [1.165, 1.54) is 44.9 Å². The van der Waals surface area contributed by atoms with Crippen molar-refractivity contribution >= 4 is 0 Å². The van der Waals surface area contributed by atoms with E-state index in [4.69, 9.17) is 4.74 Å². The molecule has 2 saturated carbocycles. The Morgan fingerprint density at radius 3 is 2.64 bits per heavy atom. The van der Waals surface area contributed by atoms with Crippen LogP contribution in [-0.4, -0.2) is 12.2 Å². The van der Waals surface area contributed by atoms with Crippen LogP contribution in [-0.2, 0) is 4.74 Å². The molecule has 1 aliphatic heterocycles. The first-order chi connectivity index (χ1) is 6.86. The van der Waals surface area contributed by atoms with Gasteiger partial charge in [0, 0.05) is 0 Å². The maximum Gasteiger partial charge on any atom is 0.0878 e. The second kappa shape index (κ2) is 3.52. The molecule has 2 aliphatic carbocycles. The topological polar surface area (TPSA) is 12.5 Å². The Morgan fingerprint density at radius 2 is 1.86 bits per heavy atom. The molecule has 0 aromatic carbocycles. The van der Waals surface area contributed by atoms with E-state index < -0.39 is 0 Å². The monoisotopic (exact) mass is 193 g/mol. The second-order valence-electron chi connectivity index (χ2n) is 5.45. The van der Waals surface area contributed by atoms with Crippen LogP contribution in [0.3, 0.4) is 0 Å². The van der Waals surface area contributed by atoms with Crippen molar-refractivity contribution in [3.63, 3.8) is 0 Å². The molecule has 0 spiro atoms. The second-order valence-corrected chi connectivity index (χ2v) is 5.45. The summed E-state index contributed by atoms with van der Waals surface area (Å²) in [6.07, 6.45) is 11.3. The van der Waals surface area contributed by atoms with E-state index in [-0.39, 0.29) is 0 Å². The highest BCUT2D eigenvalue weighted by Crippen LogP contribution is 2.50. The van der Waals surface area contributed by atoms with Crippen molar-refractivity contribution in [3.05, 3.63) is 5.92 Å². The maximum atomic E-state index is 5.79. The fraction of sp³-hybridized carbons (Fsp3) is 0.923. The summed E-state index contributed by atoms with van der Waals surface area (Å²) >= 11 is 0. The van der Waals surface area contributed by atoms with Gasteiger partial charge in [-0.25, -0.2) is 0 Å². The molecule has 1 saturated heterocycles. The number of rotatable bonds is 1. The van der Waals surface area contributed by atoms with Crippen LogP contribution < -0.4 is 0 Å². The van der Waals surface area contributed by atoms with E-state index in [1.807, 2.05) is 0 Å². The molecule has 14 heavy (non-hydrogen) atoms. The highest BCUT2D eigenvalue weighted by atomic mass is 16.6. The van der Waals surface area contributed by atoms with Crippen LogP contribution in [0, 0.1) is 17.8 Å². The summed E-state index contributed by atoms with van der Waals surface area (Å²) in [4.78, 5) is 0. The fourth-order valence-electron chi connectivity index (χ4n) is 3.69. The van der Waals surface area contributed by atoms with Crippen molar-refractivity contribution < 1.29 is 4.74 Å². The number of hydrogen-bond donors (Lipinski definition) is 0. The Kier molecular flexibility index (Phi) is 2.31. The average Bonchev–Trinajstić information content (AvgIpc) is 2.98. The summed E-state index contributed by atoms with van der Waals surface area (Å²) in [5.74, 6) is 3.56. The molecule has 1 heterocycles. The van der Waals surface area contributed by atoms with E-state index in [9.17, 15) is 0 Å². The molecule has 3 atom stereocenters. The quantitative estimate of drug-likeness (QED) is 0.582. The van der Waals surface area contributed by atoms with Crippen molar-refractivity contribution in [3.8, 4) is 0 Å². The highest BCUT2D eigenvalue weighted by molar-refractivity contribution is 5.11. The number of epoxide rings is 1. The van der Waals surface area contributed by atoms with Crippen LogP contribution in [0.1, 0.15) is 51.9 Å². The first kappa shape index (κ1) is 9.21. The predicted molar refractivity (Wildman–Crippen MR) is 56.9 cm³/mol. The molecule has 1 radical (unpaired) electrons. The maximum absolute atomic E-state index is 5.79. The number of hydrogen-bond acceptors (Lipinski definition) is 1. The minimum Gasteiger partial charge on any atom is -0.369 e. The van der Waals surface area contributed by atoms with E-state index >= 15 is 0 Å². The molecule has 0 bridgehead atoms. The third-order valence-electron chi connectivity index (χ3n) is 4.53. The van der Waals surface area contributed by atoms with Gasteiger partial charge in [-0.2, -0.15) is 0 Å². The molecule has 3 fully saturated rings. The molecule has 0 N–H and O–H groups in total. The van der Waals surface area contributed by atoms with Gasteiger partial charge in [0.05, 0.1) is 12.2 Å². The van der Waals surface area contributed by atoms with E-state index in [0.717, 1.165) is 11.8 Å². The SMILES string of the molecule is C[C]1CCC2OC2C1C1CCCCC1. The van der Waals surface area contributed by atoms with Crippen molar-refractivity contribution in [1.29, 1.82) is 0 Å². The summed E-state index contributed by atoms with van der Waals surface area (Å²) in [5, 5.41) is 0. The van der Waals surface area contributed by atoms with Gasteiger partial charge in [0.1, 0.15) is 0 Å². The molecular weight excluding hydrogens is 172 g/mol. The lowest BCUT2D eigenvalue weighted by molar-refractivity contribution is 0.206. The lowest BCUT2D eigenvalue weighted by Crippen LogP contribution is -2.31. The molecule has 1 nitrogen and oxygen atoms in total. The summed E-state index contributed by atoms with van der Waals surface area (Å²) in [5.41, 5.74) is 0. The fourth-order valence-corrected chi connectivity index (χ4v) is 3.69. The smallest absolute Gasteiger partial charge is 0.0878 e. The molecule has 1 heteroatoms. The lowest BCUT2D eigenvalue weighted by atomic mass is 9.68. The third-order valence-corrected chi connectivity index (χ3v) is 4.53. The zero-order valence-corrected chi connectivity index (χ0v) is 9.17. The Balaban J connectivity index is 1.68. The molecule has 0 aromatic rings. The highest BCUT2D eigenvalue weighted by Gasteiger charge is 2.52. The molecule has 0 amide bonds. The zero-order chi connectivity index (χ0) is 9.54. The summed E-state index contributed by atoms with van der Waals surface area (Å²) in [6, 6.07) is 0. The molecule has 0 aromatic heterocycles. The Bertz CT molecular complexity index is 205. The van der Waals surface area contributed by atoms with Crippen LogP contribution >= 0.6 is 0 Å². The van der Waals surface area contributed by atoms with Gasteiger partial charge >= 0.3 is 0 Å². The van der Waals surface area contributed by atoms with Gasteiger partial charge in [-0.1, -0.05) is 39.0 Å². The minimum absolute atomic E-state index is 0.645. The van der Waals surface area contributed by atoms with Crippen LogP contribution in [0.4, 0.5) is 0 Å². The summed E-state index contributed by atoms with van der Waals surface area (Å²) < 4.78 is 5.79. The first-order valence-corrected chi connectivity index (χ1v) is 6.34. The van der Waals surface area contributed by atoms with Crippen molar-refractivity contribution in [2.45, 2.75) is 64.1 Å². The van der Waals surface area contributed by atoms with E-state index in [2.05, 4.69) is 6.92 Å². The minimum atomic E-state index is 0.645. The number of fused-ring (bicyclic) bond motifs is 1. The average molecular weight is 193 g/mol. The normalized spacial score (nSPS) is 44.8. The van der Waals surface area contributed by atoms with E-state index in [1.54, 1.807) is 5.92 Å². The molecule has 3 rings (SSSR count). The molecular formula is C13H21O. The summed E-state index contributed by atoms with van der Waals surface area (Å²) in [7, 11) is 0. The summed E-state index contributed by atoms with van der Waals surface area (Å²) in [6.45, 7) is 2.37. The Hall–Kier alpha value is -0.0400. The van der Waals surface area contributed by atoms with Crippen LogP contribution in [0.25, 0.3) is 0 Å². The van der Waals surface area contributed by atoms with Gasteiger partial charge in [-0.3, -0.25) is 0 Å². The van der Waals surface area contributed by atoms with Gasteiger partial charge in [-0.05, 0) is 30.6 Å². The van der Waals surface area contributed by atoms with Crippen LogP contribution in [0.2, 0.25) is 0 Å². The Morgan fingerprint density at radius 1 is 1.07 bits per heavy atom. The first-order valence-electron chi connectivity index (χ1n) is 6.34. The Labute approximate surface area is 87.2 Å². The van der Waals surface area contributed by atoms with Crippen LogP contribution in [0.5, 0.6) is 0 Å². The number of ether oxygens (including phenoxy) is 1. The van der Waals surface area contributed by atoms with Crippen molar-refractivity contribution in [1.82, 2.24) is 0 Å². The van der Waals surface area contributed by atoms with Gasteiger partial charge in [-0.15, -0.1) is 0 Å². The van der Waals surface area contributed by atoms with Gasteiger partial charge in [0.25, 0.3) is 0 Å². The predicted octanol–water partition coefficient (Wildman–Crippen LogP) is 3.34. The van der Waals surface area contributed by atoms with E-state index in [0.29, 0.717) is 12.2 Å². The zero-order valence-electron chi connectivity index (χ0n) is 9.17. The third kappa shape index (κ3) is 1.50.